The van der Waals surface area contributed by atoms with E-state index in [1.54, 1.807) is 0 Å². The molecule has 0 spiro atoms. The molecule has 0 aliphatic heterocycles. The minimum atomic E-state index is 0.148. The molecule has 0 aliphatic carbocycles. The van der Waals surface area contributed by atoms with Gasteiger partial charge in [0, 0.05) is 19.5 Å². The number of benzene rings is 1. The van der Waals surface area contributed by atoms with Crippen LogP contribution in [0.25, 0.3) is 11.0 Å². The van der Waals surface area contributed by atoms with Crippen molar-refractivity contribution in [2.24, 2.45) is 0 Å². The van der Waals surface area contributed by atoms with Crippen LogP contribution in [0.5, 0.6) is 0 Å². The number of aryl methyl sites for hydroxylation is 2. The van der Waals surface area contributed by atoms with Crippen LogP contribution in [0, 0.1) is 6.92 Å². The first-order chi connectivity index (χ1) is 9.22. The van der Waals surface area contributed by atoms with E-state index >= 15 is 0 Å². The second-order valence-corrected chi connectivity index (χ2v) is 4.75. The number of carbonyl (C=O) groups excluding carboxylic acids is 1. The Morgan fingerprint density at radius 1 is 1.37 bits per heavy atom. The maximum atomic E-state index is 11.4. The van der Waals surface area contributed by atoms with Gasteiger partial charge < -0.3 is 9.88 Å². The van der Waals surface area contributed by atoms with E-state index in [1.165, 1.54) is 5.52 Å². The van der Waals surface area contributed by atoms with Gasteiger partial charge in [-0.15, -0.1) is 0 Å². The van der Waals surface area contributed by atoms with Crippen molar-refractivity contribution in [3.63, 3.8) is 0 Å². The highest BCUT2D eigenvalue weighted by atomic mass is 16.1. The Balaban J connectivity index is 1.91. The standard InChI is InChI=1S/C15H21N3O/c1-3-7-15(19)16-10-6-11-18-12(2)17-13-8-4-5-9-14(13)18/h4-5,8-9H,3,6-7,10-11H2,1-2H3,(H,16,19). The summed E-state index contributed by atoms with van der Waals surface area (Å²) in [4.78, 5) is 15.9. The van der Waals surface area contributed by atoms with E-state index in [-0.39, 0.29) is 5.91 Å². The van der Waals surface area contributed by atoms with Crippen molar-refractivity contribution in [2.45, 2.75) is 39.7 Å². The lowest BCUT2D eigenvalue weighted by molar-refractivity contribution is -0.121. The van der Waals surface area contributed by atoms with Gasteiger partial charge in [-0.1, -0.05) is 19.1 Å². The second kappa shape index (κ2) is 6.36. The first kappa shape index (κ1) is 13.6. The predicted molar refractivity (Wildman–Crippen MR) is 77.0 cm³/mol. The van der Waals surface area contributed by atoms with Gasteiger partial charge in [0.15, 0.2) is 0 Å². The molecule has 2 rings (SSSR count). The van der Waals surface area contributed by atoms with Crippen LogP contribution in [0.4, 0.5) is 0 Å². The Labute approximate surface area is 113 Å². The van der Waals surface area contributed by atoms with Gasteiger partial charge in [0.2, 0.25) is 5.91 Å². The van der Waals surface area contributed by atoms with E-state index in [2.05, 4.69) is 20.9 Å². The summed E-state index contributed by atoms with van der Waals surface area (Å²) in [6, 6.07) is 8.15. The molecule has 0 saturated carbocycles. The van der Waals surface area contributed by atoms with E-state index < -0.39 is 0 Å². The van der Waals surface area contributed by atoms with Crippen LogP contribution in [0.2, 0.25) is 0 Å². The number of nitrogens with one attached hydrogen (secondary N) is 1. The molecule has 4 heteroatoms. The zero-order chi connectivity index (χ0) is 13.7. The quantitative estimate of drug-likeness (QED) is 0.811. The molecule has 1 aromatic carbocycles. The molecule has 4 nitrogen and oxygen atoms in total. The summed E-state index contributed by atoms with van der Waals surface area (Å²) in [6.45, 7) is 5.65. The van der Waals surface area contributed by atoms with E-state index in [0.717, 1.165) is 37.3 Å². The Bertz CT molecular complexity index is 560. The monoisotopic (exact) mass is 259 g/mol. The maximum absolute atomic E-state index is 11.4. The third kappa shape index (κ3) is 3.34. The van der Waals surface area contributed by atoms with Gasteiger partial charge >= 0.3 is 0 Å². The molecule has 0 radical (unpaired) electrons. The van der Waals surface area contributed by atoms with E-state index in [4.69, 9.17) is 0 Å². The van der Waals surface area contributed by atoms with Crippen LogP contribution in [-0.2, 0) is 11.3 Å². The normalized spacial score (nSPS) is 10.8. The summed E-state index contributed by atoms with van der Waals surface area (Å²) in [6.07, 6.45) is 2.45. The first-order valence-corrected chi connectivity index (χ1v) is 6.91. The van der Waals surface area contributed by atoms with Crippen molar-refractivity contribution in [3.05, 3.63) is 30.1 Å². The third-order valence-electron chi connectivity index (χ3n) is 3.20. The van der Waals surface area contributed by atoms with Crippen LogP contribution in [0.3, 0.4) is 0 Å². The van der Waals surface area contributed by atoms with Crippen molar-refractivity contribution in [1.29, 1.82) is 0 Å². The molecule has 19 heavy (non-hydrogen) atoms. The van der Waals surface area contributed by atoms with Crippen molar-refractivity contribution in [2.75, 3.05) is 6.54 Å². The largest absolute Gasteiger partial charge is 0.356 e. The van der Waals surface area contributed by atoms with Gasteiger partial charge in [0.05, 0.1) is 11.0 Å². The average molecular weight is 259 g/mol. The Kier molecular flexibility index (Phi) is 4.55. The molecule has 2 aromatic rings. The predicted octanol–water partition coefficient (Wildman–Crippen LogP) is 2.65. The summed E-state index contributed by atoms with van der Waals surface area (Å²) in [5, 5.41) is 2.94. The third-order valence-corrected chi connectivity index (χ3v) is 3.20. The fourth-order valence-corrected chi connectivity index (χ4v) is 2.26. The molecule has 1 aromatic heterocycles. The Morgan fingerprint density at radius 2 is 2.16 bits per heavy atom. The topological polar surface area (TPSA) is 46.9 Å². The number of hydrogen-bond donors (Lipinski definition) is 1. The zero-order valence-electron chi connectivity index (χ0n) is 11.6. The fraction of sp³-hybridized carbons (Fsp3) is 0.467. The zero-order valence-corrected chi connectivity index (χ0v) is 11.6. The summed E-state index contributed by atoms with van der Waals surface area (Å²) in [5.41, 5.74) is 2.20. The van der Waals surface area contributed by atoms with Crippen LogP contribution >= 0.6 is 0 Å². The number of imidazole rings is 1. The van der Waals surface area contributed by atoms with Crippen molar-refractivity contribution < 1.29 is 4.79 Å². The molecule has 1 amide bonds. The summed E-state index contributed by atoms with van der Waals surface area (Å²) < 4.78 is 2.21. The van der Waals surface area contributed by atoms with Crippen molar-refractivity contribution >= 4 is 16.9 Å². The minimum absolute atomic E-state index is 0.148. The maximum Gasteiger partial charge on any atom is 0.219 e. The lowest BCUT2D eigenvalue weighted by Crippen LogP contribution is -2.24. The van der Waals surface area contributed by atoms with Gasteiger partial charge in [0.1, 0.15) is 5.82 Å². The summed E-state index contributed by atoms with van der Waals surface area (Å²) in [5.74, 6) is 1.18. The number of amides is 1. The summed E-state index contributed by atoms with van der Waals surface area (Å²) >= 11 is 0. The molecule has 0 unspecified atom stereocenters. The number of para-hydroxylation sites is 2. The molecular weight excluding hydrogens is 238 g/mol. The van der Waals surface area contributed by atoms with Crippen molar-refractivity contribution in [1.82, 2.24) is 14.9 Å². The van der Waals surface area contributed by atoms with Gasteiger partial charge in [-0.3, -0.25) is 4.79 Å². The second-order valence-electron chi connectivity index (χ2n) is 4.75. The number of rotatable bonds is 6. The number of aromatic nitrogens is 2. The number of hydrogen-bond acceptors (Lipinski definition) is 2. The molecule has 1 heterocycles. The van der Waals surface area contributed by atoms with Crippen molar-refractivity contribution in [3.8, 4) is 0 Å². The van der Waals surface area contributed by atoms with Crippen LogP contribution in [-0.4, -0.2) is 22.0 Å². The lowest BCUT2D eigenvalue weighted by atomic mass is 10.3. The first-order valence-electron chi connectivity index (χ1n) is 6.91. The molecule has 102 valence electrons. The van der Waals surface area contributed by atoms with E-state index in [9.17, 15) is 4.79 Å². The smallest absolute Gasteiger partial charge is 0.219 e. The molecule has 0 aliphatic rings. The molecular formula is C15H21N3O. The molecule has 0 saturated heterocycles. The SMILES string of the molecule is CCCC(=O)NCCCn1c(C)nc2ccccc21. The highest BCUT2D eigenvalue weighted by Gasteiger charge is 2.06. The average Bonchev–Trinajstić information content (AvgIpc) is 2.71. The summed E-state index contributed by atoms with van der Waals surface area (Å²) in [7, 11) is 0. The number of fused-ring (bicyclic) bond motifs is 1. The Morgan fingerprint density at radius 3 is 2.95 bits per heavy atom. The fourth-order valence-electron chi connectivity index (χ4n) is 2.26. The Hall–Kier alpha value is -1.84. The van der Waals surface area contributed by atoms with Gasteiger partial charge in [0.25, 0.3) is 0 Å². The van der Waals surface area contributed by atoms with Gasteiger partial charge in [-0.25, -0.2) is 4.98 Å². The van der Waals surface area contributed by atoms with E-state index in [1.807, 2.05) is 32.0 Å². The molecule has 0 bridgehead atoms. The highest BCUT2D eigenvalue weighted by Crippen LogP contribution is 2.15. The molecule has 0 fully saturated rings. The van der Waals surface area contributed by atoms with Gasteiger partial charge in [-0.2, -0.15) is 0 Å². The minimum Gasteiger partial charge on any atom is -0.356 e. The van der Waals surface area contributed by atoms with Crippen LogP contribution in [0.1, 0.15) is 32.0 Å². The molecule has 1 N–H and O–H groups in total. The van der Waals surface area contributed by atoms with Crippen LogP contribution in [0.15, 0.2) is 24.3 Å². The highest BCUT2D eigenvalue weighted by molar-refractivity contribution is 5.76. The van der Waals surface area contributed by atoms with Gasteiger partial charge in [-0.05, 0) is 31.9 Å². The van der Waals surface area contributed by atoms with Crippen LogP contribution < -0.4 is 5.32 Å². The van der Waals surface area contributed by atoms with E-state index in [0.29, 0.717) is 6.42 Å². The number of nitrogens with zero attached hydrogens (tertiary/aromatic N) is 2. The molecule has 0 atom stereocenters. The number of carbonyl (C=O) groups is 1. The lowest BCUT2D eigenvalue weighted by Gasteiger charge is -2.08.